The number of rotatable bonds is 2. The number of aromatic nitrogens is 1. The molecule has 0 fully saturated rings. The molecule has 0 radical (unpaired) electrons. The number of nitrogen functional groups attached to an aromatic ring is 1. The fourth-order valence-corrected chi connectivity index (χ4v) is 2.57. The number of hydrogen-bond acceptors (Lipinski definition) is 4. The highest BCUT2D eigenvalue weighted by Gasteiger charge is 2.21. The van der Waals surface area contributed by atoms with E-state index in [-0.39, 0.29) is 0 Å². The minimum Gasteiger partial charge on any atom is -0.493 e. The lowest BCUT2D eigenvalue weighted by atomic mass is 9.98. The van der Waals surface area contributed by atoms with Crippen LogP contribution in [0.2, 0.25) is 0 Å². The molecule has 2 aromatic rings. The average molecular weight is 255 g/mol. The standard InChI is InChI=1S/C15H17N3O/c1-19-14-6-3-8-17-15(14)18-9-7-11-4-2-5-13(16)12(11)10-18/h2-6,8H,7,9-10,16H2,1H3. The average Bonchev–Trinajstić information content (AvgIpc) is 2.47. The molecule has 1 aromatic carbocycles. The molecule has 0 amide bonds. The fourth-order valence-electron chi connectivity index (χ4n) is 2.57. The summed E-state index contributed by atoms with van der Waals surface area (Å²) in [5.41, 5.74) is 9.48. The van der Waals surface area contributed by atoms with E-state index in [2.05, 4.69) is 16.0 Å². The third kappa shape index (κ3) is 2.10. The van der Waals surface area contributed by atoms with Gasteiger partial charge in [-0.15, -0.1) is 0 Å². The van der Waals surface area contributed by atoms with Crippen LogP contribution < -0.4 is 15.4 Å². The normalized spacial score (nSPS) is 14.1. The van der Waals surface area contributed by atoms with Crippen LogP contribution in [0.3, 0.4) is 0 Å². The van der Waals surface area contributed by atoms with Gasteiger partial charge in [0.05, 0.1) is 7.11 Å². The zero-order valence-electron chi connectivity index (χ0n) is 11.0. The minimum atomic E-state index is 0.787. The summed E-state index contributed by atoms with van der Waals surface area (Å²) >= 11 is 0. The number of ether oxygens (including phenoxy) is 1. The number of nitrogens with two attached hydrogens (primary N) is 1. The Balaban J connectivity index is 1.95. The summed E-state index contributed by atoms with van der Waals surface area (Å²) in [4.78, 5) is 6.66. The first-order valence-corrected chi connectivity index (χ1v) is 6.40. The van der Waals surface area contributed by atoms with Gasteiger partial charge in [0.2, 0.25) is 0 Å². The van der Waals surface area contributed by atoms with Crippen molar-refractivity contribution in [2.45, 2.75) is 13.0 Å². The van der Waals surface area contributed by atoms with Gasteiger partial charge in [0.25, 0.3) is 0 Å². The monoisotopic (exact) mass is 255 g/mol. The lowest BCUT2D eigenvalue weighted by molar-refractivity contribution is 0.411. The van der Waals surface area contributed by atoms with Crippen molar-refractivity contribution in [3.05, 3.63) is 47.7 Å². The number of fused-ring (bicyclic) bond motifs is 1. The molecule has 98 valence electrons. The quantitative estimate of drug-likeness (QED) is 0.836. The van der Waals surface area contributed by atoms with Crippen LogP contribution in [0.4, 0.5) is 11.5 Å². The maximum absolute atomic E-state index is 6.07. The Bertz CT molecular complexity index is 598. The molecule has 1 aliphatic heterocycles. The first-order chi connectivity index (χ1) is 9.29. The molecule has 2 heterocycles. The van der Waals surface area contributed by atoms with E-state index < -0.39 is 0 Å². The van der Waals surface area contributed by atoms with Gasteiger partial charge >= 0.3 is 0 Å². The molecule has 4 heteroatoms. The minimum absolute atomic E-state index is 0.787. The summed E-state index contributed by atoms with van der Waals surface area (Å²) in [6, 6.07) is 9.95. The number of benzene rings is 1. The second kappa shape index (κ2) is 4.80. The summed E-state index contributed by atoms with van der Waals surface area (Å²) in [6.45, 7) is 1.72. The number of pyridine rings is 1. The van der Waals surface area contributed by atoms with E-state index in [1.807, 2.05) is 24.3 Å². The van der Waals surface area contributed by atoms with Gasteiger partial charge in [-0.2, -0.15) is 0 Å². The van der Waals surface area contributed by atoms with E-state index >= 15 is 0 Å². The molecular weight excluding hydrogens is 238 g/mol. The molecule has 3 rings (SSSR count). The molecule has 1 aromatic heterocycles. The van der Waals surface area contributed by atoms with Gasteiger partial charge in [-0.3, -0.25) is 0 Å². The van der Waals surface area contributed by atoms with Gasteiger partial charge in [-0.25, -0.2) is 4.98 Å². The van der Waals surface area contributed by atoms with Crippen LogP contribution in [0.15, 0.2) is 36.5 Å². The molecule has 1 aliphatic rings. The van der Waals surface area contributed by atoms with Crippen LogP contribution in [0, 0.1) is 0 Å². The lowest BCUT2D eigenvalue weighted by Gasteiger charge is -2.31. The van der Waals surface area contributed by atoms with Crippen molar-refractivity contribution in [2.24, 2.45) is 0 Å². The Morgan fingerprint density at radius 2 is 2.16 bits per heavy atom. The molecule has 0 saturated carbocycles. The first kappa shape index (κ1) is 11.8. The Kier molecular flexibility index (Phi) is 2.99. The predicted molar refractivity (Wildman–Crippen MR) is 76.4 cm³/mol. The molecule has 2 N–H and O–H groups in total. The predicted octanol–water partition coefficient (Wildman–Crippen LogP) is 2.24. The zero-order chi connectivity index (χ0) is 13.2. The Hall–Kier alpha value is -2.23. The van der Waals surface area contributed by atoms with Gasteiger partial charge in [-0.1, -0.05) is 12.1 Å². The maximum atomic E-state index is 6.07. The Labute approximate surface area is 112 Å². The SMILES string of the molecule is COc1cccnc1N1CCc2cccc(N)c2C1. The summed E-state index contributed by atoms with van der Waals surface area (Å²) in [6.07, 6.45) is 2.78. The number of nitrogens with zero attached hydrogens (tertiary/aromatic N) is 2. The van der Waals surface area contributed by atoms with Crippen molar-refractivity contribution in [3.8, 4) is 5.75 Å². The van der Waals surface area contributed by atoms with Crippen LogP contribution in [0.25, 0.3) is 0 Å². The highest BCUT2D eigenvalue weighted by atomic mass is 16.5. The molecule has 19 heavy (non-hydrogen) atoms. The van der Waals surface area contributed by atoms with Crippen molar-refractivity contribution in [3.63, 3.8) is 0 Å². The first-order valence-electron chi connectivity index (χ1n) is 6.40. The van der Waals surface area contributed by atoms with Crippen molar-refractivity contribution in [2.75, 3.05) is 24.3 Å². The van der Waals surface area contributed by atoms with Crippen molar-refractivity contribution in [1.29, 1.82) is 0 Å². The van der Waals surface area contributed by atoms with E-state index in [0.717, 1.165) is 36.8 Å². The smallest absolute Gasteiger partial charge is 0.171 e. The highest BCUT2D eigenvalue weighted by molar-refractivity contribution is 5.58. The second-order valence-corrected chi connectivity index (χ2v) is 4.69. The zero-order valence-corrected chi connectivity index (χ0v) is 11.0. The summed E-state index contributed by atoms with van der Waals surface area (Å²) in [5.74, 6) is 1.69. The molecule has 0 unspecified atom stereocenters. The third-order valence-electron chi connectivity index (χ3n) is 3.58. The maximum Gasteiger partial charge on any atom is 0.171 e. The number of hydrogen-bond donors (Lipinski definition) is 1. The van der Waals surface area contributed by atoms with Crippen LogP contribution in [0.1, 0.15) is 11.1 Å². The van der Waals surface area contributed by atoms with Gasteiger partial charge in [0.15, 0.2) is 11.6 Å². The summed E-state index contributed by atoms with van der Waals surface area (Å²) in [5, 5.41) is 0. The largest absolute Gasteiger partial charge is 0.493 e. The van der Waals surface area contributed by atoms with Crippen LogP contribution in [-0.2, 0) is 13.0 Å². The van der Waals surface area contributed by atoms with Crippen molar-refractivity contribution in [1.82, 2.24) is 4.98 Å². The van der Waals surface area contributed by atoms with E-state index in [1.165, 1.54) is 11.1 Å². The second-order valence-electron chi connectivity index (χ2n) is 4.69. The van der Waals surface area contributed by atoms with Gasteiger partial charge in [0, 0.05) is 25.0 Å². The lowest BCUT2D eigenvalue weighted by Crippen LogP contribution is -2.31. The molecule has 0 bridgehead atoms. The molecule has 0 atom stereocenters. The van der Waals surface area contributed by atoms with E-state index in [1.54, 1.807) is 13.3 Å². The van der Waals surface area contributed by atoms with E-state index in [4.69, 9.17) is 10.5 Å². The van der Waals surface area contributed by atoms with Crippen molar-refractivity contribution < 1.29 is 4.74 Å². The molecular formula is C15H17N3O. The van der Waals surface area contributed by atoms with Gasteiger partial charge in [0.1, 0.15) is 0 Å². The van der Waals surface area contributed by atoms with Crippen LogP contribution >= 0.6 is 0 Å². The van der Waals surface area contributed by atoms with Gasteiger partial charge in [-0.05, 0) is 35.7 Å². The summed E-state index contributed by atoms with van der Waals surface area (Å²) < 4.78 is 5.38. The Morgan fingerprint density at radius 1 is 1.26 bits per heavy atom. The topological polar surface area (TPSA) is 51.4 Å². The van der Waals surface area contributed by atoms with E-state index in [9.17, 15) is 0 Å². The highest BCUT2D eigenvalue weighted by Crippen LogP contribution is 2.31. The molecule has 0 spiro atoms. The number of anilines is 2. The number of methoxy groups -OCH3 is 1. The molecule has 4 nitrogen and oxygen atoms in total. The summed E-state index contributed by atoms with van der Waals surface area (Å²) in [7, 11) is 1.67. The molecule has 0 aliphatic carbocycles. The van der Waals surface area contributed by atoms with Crippen LogP contribution in [0.5, 0.6) is 5.75 Å². The third-order valence-corrected chi connectivity index (χ3v) is 3.58. The Morgan fingerprint density at radius 3 is 3.00 bits per heavy atom. The molecule has 0 saturated heterocycles. The van der Waals surface area contributed by atoms with Gasteiger partial charge < -0.3 is 15.4 Å². The van der Waals surface area contributed by atoms with Crippen LogP contribution in [-0.4, -0.2) is 18.6 Å². The van der Waals surface area contributed by atoms with Crippen molar-refractivity contribution >= 4 is 11.5 Å². The van der Waals surface area contributed by atoms with E-state index in [0.29, 0.717) is 0 Å². The fraction of sp³-hybridized carbons (Fsp3) is 0.267.